The molecule has 0 bridgehead atoms. The monoisotopic (exact) mass is 399 g/mol. The van der Waals surface area contributed by atoms with Gasteiger partial charge in [0, 0.05) is 6.42 Å². The summed E-state index contributed by atoms with van der Waals surface area (Å²) in [7, 11) is 1.28. The molecular weight excluding hydrogens is 382 g/mol. The molecule has 7 nitrogen and oxygen atoms in total. The Balaban J connectivity index is 1.54. The summed E-state index contributed by atoms with van der Waals surface area (Å²) in [4.78, 5) is 49.3. The van der Waals surface area contributed by atoms with E-state index in [1.807, 2.05) is 0 Å². The quantitative estimate of drug-likeness (QED) is 0.419. The zero-order valence-electron chi connectivity index (χ0n) is 15.0. The van der Waals surface area contributed by atoms with Gasteiger partial charge in [0.2, 0.25) is 11.8 Å². The van der Waals surface area contributed by atoms with Gasteiger partial charge >= 0.3 is 11.9 Å². The average Bonchev–Trinajstić information content (AvgIpc) is 3.00. The standard InChI is InChI=1S/C20H17NO6S/c1-26-20(25)13-7-9-15(10-8-13)27-18(23)12-28-16-11-17(22)21(19(16)24)14-5-3-2-4-6-14/h2-10,16H,11-12H2,1H3/t16-/m1/s1. The Morgan fingerprint density at radius 2 is 1.75 bits per heavy atom. The maximum absolute atomic E-state index is 12.5. The Hall–Kier alpha value is -3.13. The highest BCUT2D eigenvalue weighted by molar-refractivity contribution is 8.01. The van der Waals surface area contributed by atoms with Crippen molar-refractivity contribution in [2.45, 2.75) is 11.7 Å². The number of carbonyl (C=O) groups is 4. The highest BCUT2D eigenvalue weighted by Gasteiger charge is 2.40. The summed E-state index contributed by atoms with van der Waals surface area (Å²) in [6.45, 7) is 0. The van der Waals surface area contributed by atoms with Crippen LogP contribution in [0, 0.1) is 0 Å². The Labute approximate surface area is 165 Å². The number of para-hydroxylation sites is 1. The normalized spacial score (nSPS) is 16.2. The number of ether oxygens (including phenoxy) is 2. The van der Waals surface area contributed by atoms with Crippen molar-refractivity contribution in [1.82, 2.24) is 0 Å². The van der Waals surface area contributed by atoms with Crippen LogP contribution in [0.3, 0.4) is 0 Å². The van der Waals surface area contributed by atoms with Crippen molar-refractivity contribution in [2.24, 2.45) is 0 Å². The van der Waals surface area contributed by atoms with Gasteiger partial charge in [-0.3, -0.25) is 14.4 Å². The molecule has 1 aliphatic heterocycles. The minimum Gasteiger partial charge on any atom is -0.465 e. The molecule has 0 spiro atoms. The first kappa shape index (κ1) is 19.6. The lowest BCUT2D eigenvalue weighted by Crippen LogP contribution is -2.31. The van der Waals surface area contributed by atoms with Gasteiger partial charge in [0.25, 0.3) is 0 Å². The number of rotatable bonds is 6. The molecule has 2 aromatic carbocycles. The van der Waals surface area contributed by atoms with Gasteiger partial charge in [-0.05, 0) is 36.4 Å². The lowest BCUT2D eigenvalue weighted by Gasteiger charge is -2.14. The fraction of sp³-hybridized carbons (Fsp3) is 0.200. The molecule has 0 N–H and O–H groups in total. The molecule has 0 saturated carbocycles. The van der Waals surface area contributed by atoms with Crippen molar-refractivity contribution >= 4 is 41.2 Å². The van der Waals surface area contributed by atoms with E-state index in [0.29, 0.717) is 11.3 Å². The molecule has 2 aromatic rings. The van der Waals surface area contributed by atoms with E-state index in [4.69, 9.17) is 4.74 Å². The fourth-order valence-corrected chi connectivity index (χ4v) is 3.59. The molecule has 28 heavy (non-hydrogen) atoms. The topological polar surface area (TPSA) is 90.0 Å². The van der Waals surface area contributed by atoms with Crippen LogP contribution in [0.1, 0.15) is 16.8 Å². The molecule has 3 rings (SSSR count). The fourth-order valence-electron chi connectivity index (χ4n) is 2.69. The summed E-state index contributed by atoms with van der Waals surface area (Å²) in [6.07, 6.45) is 0.0412. The Morgan fingerprint density at radius 1 is 1.07 bits per heavy atom. The van der Waals surface area contributed by atoms with Crippen LogP contribution in [0.15, 0.2) is 54.6 Å². The van der Waals surface area contributed by atoms with E-state index >= 15 is 0 Å². The number of carbonyl (C=O) groups excluding carboxylic acids is 4. The number of imide groups is 1. The van der Waals surface area contributed by atoms with Crippen LogP contribution in [0.5, 0.6) is 5.75 Å². The first-order valence-corrected chi connectivity index (χ1v) is 9.47. The smallest absolute Gasteiger partial charge is 0.337 e. The van der Waals surface area contributed by atoms with Gasteiger partial charge in [-0.2, -0.15) is 0 Å². The predicted molar refractivity (Wildman–Crippen MR) is 103 cm³/mol. The van der Waals surface area contributed by atoms with Gasteiger partial charge in [0.05, 0.1) is 29.4 Å². The van der Waals surface area contributed by atoms with Crippen molar-refractivity contribution < 1.29 is 28.7 Å². The van der Waals surface area contributed by atoms with Gasteiger partial charge in [-0.1, -0.05) is 18.2 Å². The van der Waals surface area contributed by atoms with Gasteiger partial charge in [0.1, 0.15) is 5.75 Å². The summed E-state index contributed by atoms with van der Waals surface area (Å²) < 4.78 is 9.79. The lowest BCUT2D eigenvalue weighted by atomic mass is 10.2. The molecule has 0 radical (unpaired) electrons. The van der Waals surface area contributed by atoms with Crippen molar-refractivity contribution in [3.8, 4) is 5.75 Å². The van der Waals surface area contributed by atoms with Gasteiger partial charge in [-0.15, -0.1) is 11.8 Å². The molecule has 8 heteroatoms. The van der Waals surface area contributed by atoms with Crippen LogP contribution in [0.4, 0.5) is 5.69 Å². The number of thioether (sulfide) groups is 1. The largest absolute Gasteiger partial charge is 0.465 e. The van der Waals surface area contributed by atoms with Gasteiger partial charge < -0.3 is 9.47 Å². The molecule has 1 aliphatic rings. The molecule has 1 heterocycles. The number of hydrogen-bond acceptors (Lipinski definition) is 7. The van der Waals surface area contributed by atoms with E-state index in [2.05, 4.69) is 4.74 Å². The van der Waals surface area contributed by atoms with E-state index in [-0.39, 0.29) is 29.7 Å². The second-order valence-electron chi connectivity index (χ2n) is 5.90. The van der Waals surface area contributed by atoms with Crippen LogP contribution < -0.4 is 9.64 Å². The minimum absolute atomic E-state index is 0.0412. The van der Waals surface area contributed by atoms with Gasteiger partial charge in [0.15, 0.2) is 0 Å². The van der Waals surface area contributed by atoms with Crippen LogP contribution in [0.25, 0.3) is 0 Å². The first-order chi connectivity index (χ1) is 13.5. The molecular formula is C20H17NO6S. The molecule has 1 atom stereocenters. The summed E-state index contributed by atoms with van der Waals surface area (Å²) in [5.74, 6) is -1.46. The molecule has 1 fully saturated rings. The number of anilines is 1. The SMILES string of the molecule is COC(=O)c1ccc(OC(=O)CS[C@@H]2CC(=O)N(c3ccccc3)C2=O)cc1. The maximum Gasteiger partial charge on any atom is 0.337 e. The van der Waals surface area contributed by atoms with Crippen molar-refractivity contribution in [1.29, 1.82) is 0 Å². The van der Waals surface area contributed by atoms with Crippen molar-refractivity contribution in [3.63, 3.8) is 0 Å². The van der Waals surface area contributed by atoms with E-state index < -0.39 is 17.2 Å². The average molecular weight is 399 g/mol. The van der Waals surface area contributed by atoms with E-state index in [0.717, 1.165) is 16.7 Å². The third-order valence-electron chi connectivity index (χ3n) is 4.03. The summed E-state index contributed by atoms with van der Waals surface area (Å²) in [5, 5.41) is -0.623. The second kappa shape index (κ2) is 8.71. The van der Waals surface area contributed by atoms with Crippen LogP contribution in [-0.2, 0) is 19.1 Å². The Kier molecular flexibility index (Phi) is 6.10. The number of benzene rings is 2. The van der Waals surface area contributed by atoms with E-state index in [1.54, 1.807) is 30.3 Å². The number of amides is 2. The second-order valence-corrected chi connectivity index (χ2v) is 7.09. The number of esters is 2. The highest BCUT2D eigenvalue weighted by Crippen LogP contribution is 2.29. The highest BCUT2D eigenvalue weighted by atomic mass is 32.2. The maximum atomic E-state index is 12.5. The van der Waals surface area contributed by atoms with Crippen molar-refractivity contribution in [3.05, 3.63) is 60.2 Å². The zero-order valence-corrected chi connectivity index (χ0v) is 15.8. The third-order valence-corrected chi connectivity index (χ3v) is 5.20. The summed E-state index contributed by atoms with van der Waals surface area (Å²) in [6, 6.07) is 14.6. The molecule has 0 aromatic heterocycles. The molecule has 0 unspecified atom stereocenters. The van der Waals surface area contributed by atoms with Crippen LogP contribution in [-0.4, -0.2) is 41.9 Å². The van der Waals surface area contributed by atoms with E-state index in [1.165, 1.54) is 31.4 Å². The third kappa shape index (κ3) is 4.40. The summed E-state index contributed by atoms with van der Waals surface area (Å²) >= 11 is 1.07. The Morgan fingerprint density at radius 3 is 2.39 bits per heavy atom. The van der Waals surface area contributed by atoms with Crippen LogP contribution in [0.2, 0.25) is 0 Å². The summed E-state index contributed by atoms with van der Waals surface area (Å²) in [5.41, 5.74) is 0.863. The van der Waals surface area contributed by atoms with Gasteiger partial charge in [-0.25, -0.2) is 9.69 Å². The minimum atomic E-state index is -0.623. The van der Waals surface area contributed by atoms with Crippen LogP contribution >= 0.6 is 11.8 Å². The van der Waals surface area contributed by atoms with Crippen molar-refractivity contribution in [2.75, 3.05) is 17.8 Å². The molecule has 0 aliphatic carbocycles. The van der Waals surface area contributed by atoms with E-state index in [9.17, 15) is 19.2 Å². The number of hydrogen-bond donors (Lipinski definition) is 0. The lowest BCUT2D eigenvalue weighted by molar-refractivity contribution is -0.131. The molecule has 144 valence electrons. The first-order valence-electron chi connectivity index (χ1n) is 8.42. The number of methoxy groups -OCH3 is 1. The molecule has 2 amide bonds. The predicted octanol–water partition coefficient (Wildman–Crippen LogP) is 2.44. The molecule has 1 saturated heterocycles. The number of nitrogens with zero attached hydrogens (tertiary/aromatic N) is 1. The Bertz CT molecular complexity index is 897. The zero-order chi connectivity index (χ0) is 20.1.